The summed E-state index contributed by atoms with van der Waals surface area (Å²) in [6, 6.07) is 1.75. The zero-order valence-corrected chi connectivity index (χ0v) is 17.4. The maximum atomic E-state index is 13.3. The molecule has 4 atom stereocenters. The number of carbonyl (C=O) groups excluding carboxylic acids is 3. The van der Waals surface area contributed by atoms with E-state index >= 15 is 0 Å². The first kappa shape index (κ1) is 21.6. The van der Waals surface area contributed by atoms with Gasteiger partial charge in [-0.25, -0.2) is 0 Å². The van der Waals surface area contributed by atoms with Gasteiger partial charge in [0.1, 0.15) is 22.8 Å². The van der Waals surface area contributed by atoms with Crippen LogP contribution in [-0.4, -0.2) is 68.5 Å². The van der Waals surface area contributed by atoms with Crippen LogP contribution in [0, 0.1) is 24.2 Å². The molecule has 0 saturated heterocycles. The molecule has 1 aromatic rings. The molecule has 4 rings (SSSR count). The van der Waals surface area contributed by atoms with Gasteiger partial charge < -0.3 is 26.2 Å². The summed E-state index contributed by atoms with van der Waals surface area (Å²) in [4.78, 5) is 39.9. The number of hydrogen-bond donors (Lipinski definition) is 5. The monoisotopic (exact) mass is 438 g/mol. The van der Waals surface area contributed by atoms with Crippen LogP contribution < -0.4 is 5.73 Å². The second kappa shape index (κ2) is 6.95. The molecule has 3 aliphatic carbocycles. The van der Waals surface area contributed by atoms with Crippen molar-refractivity contribution in [2.24, 2.45) is 17.6 Å². The molecule has 9 nitrogen and oxygen atoms in total. The predicted molar refractivity (Wildman–Crippen MR) is 112 cm³/mol. The molecule has 0 heterocycles. The van der Waals surface area contributed by atoms with Gasteiger partial charge in [-0.3, -0.25) is 19.3 Å². The molecule has 9 heteroatoms. The van der Waals surface area contributed by atoms with Crippen molar-refractivity contribution in [2.45, 2.75) is 24.5 Å². The number of likely N-dealkylation sites (N-methyl/N-ethyl adjacent to an activating group) is 1. The Morgan fingerprint density at radius 3 is 2.47 bits per heavy atom. The minimum atomic E-state index is -2.65. The van der Waals surface area contributed by atoms with Crippen LogP contribution in [0.5, 0.6) is 5.75 Å². The van der Waals surface area contributed by atoms with Gasteiger partial charge in [-0.15, -0.1) is 6.42 Å². The van der Waals surface area contributed by atoms with Gasteiger partial charge in [-0.05, 0) is 50.6 Å². The van der Waals surface area contributed by atoms with Crippen LogP contribution in [0.1, 0.15) is 27.9 Å². The molecule has 0 bridgehead atoms. The Hall–Kier alpha value is -3.61. The number of ketones is 2. The Balaban J connectivity index is 1.99. The van der Waals surface area contributed by atoms with Crippen molar-refractivity contribution in [3.63, 3.8) is 0 Å². The molecule has 166 valence electrons. The van der Waals surface area contributed by atoms with Crippen LogP contribution in [-0.2, 0) is 16.0 Å². The lowest BCUT2D eigenvalue weighted by molar-refractivity contribution is -0.148. The summed E-state index contributed by atoms with van der Waals surface area (Å²) in [6.07, 6.45) is 5.74. The number of fused-ring (bicyclic) bond motifs is 3. The summed E-state index contributed by atoms with van der Waals surface area (Å²) in [5.41, 5.74) is 2.34. The van der Waals surface area contributed by atoms with E-state index in [1.165, 1.54) is 17.0 Å². The maximum absolute atomic E-state index is 13.3. The fraction of sp³-hybridized carbons (Fsp3) is 0.348. The summed E-state index contributed by atoms with van der Waals surface area (Å²) in [5, 5.41) is 43.6. The van der Waals surface area contributed by atoms with E-state index in [2.05, 4.69) is 5.92 Å². The Morgan fingerprint density at radius 2 is 1.91 bits per heavy atom. The molecule has 6 N–H and O–H groups in total. The van der Waals surface area contributed by atoms with Crippen LogP contribution in [0.3, 0.4) is 0 Å². The van der Waals surface area contributed by atoms with Gasteiger partial charge in [0.05, 0.1) is 11.6 Å². The van der Waals surface area contributed by atoms with E-state index in [1.54, 1.807) is 14.1 Å². The Morgan fingerprint density at radius 1 is 1.25 bits per heavy atom. The van der Waals surface area contributed by atoms with Gasteiger partial charge in [0, 0.05) is 17.1 Å². The van der Waals surface area contributed by atoms with Crippen molar-refractivity contribution < 1.29 is 34.8 Å². The molecular formula is C23H22N2O7. The number of hydrogen-bond acceptors (Lipinski definition) is 8. The Bertz CT molecular complexity index is 1200. The van der Waals surface area contributed by atoms with Gasteiger partial charge in [0.25, 0.3) is 5.91 Å². The molecule has 1 aromatic carbocycles. The highest BCUT2D eigenvalue weighted by Crippen LogP contribution is 2.52. The van der Waals surface area contributed by atoms with Gasteiger partial charge in [-0.2, -0.15) is 0 Å². The lowest BCUT2D eigenvalue weighted by Crippen LogP contribution is -2.63. The number of aromatic hydroxyl groups is 1. The first-order valence-electron chi connectivity index (χ1n) is 9.93. The highest BCUT2D eigenvalue weighted by Gasteiger charge is 2.63. The van der Waals surface area contributed by atoms with Crippen LogP contribution in [0.4, 0.5) is 0 Å². The van der Waals surface area contributed by atoms with Gasteiger partial charge in [-0.1, -0.05) is 5.92 Å². The van der Waals surface area contributed by atoms with Crippen LogP contribution in [0.2, 0.25) is 0 Å². The summed E-state index contributed by atoms with van der Waals surface area (Å²) in [5.74, 6) is -4.37. The van der Waals surface area contributed by atoms with Gasteiger partial charge in [0.15, 0.2) is 11.4 Å². The largest absolute Gasteiger partial charge is 0.510 e. The summed E-state index contributed by atoms with van der Waals surface area (Å²) < 4.78 is 0. The Labute approximate surface area is 183 Å². The first-order chi connectivity index (χ1) is 15.0. The molecule has 0 spiro atoms. The van der Waals surface area contributed by atoms with E-state index in [1.807, 2.05) is 0 Å². The van der Waals surface area contributed by atoms with E-state index in [0.717, 1.165) is 0 Å². The lowest BCUT2D eigenvalue weighted by Gasteiger charge is -2.50. The number of terminal acetylenes is 1. The fourth-order valence-electron chi connectivity index (χ4n) is 5.39. The number of allylic oxidation sites excluding steroid dienone is 1. The predicted octanol–water partition coefficient (Wildman–Crippen LogP) is 0.102. The third kappa shape index (κ3) is 2.57. The van der Waals surface area contributed by atoms with Crippen molar-refractivity contribution in [1.29, 1.82) is 0 Å². The first-order valence-corrected chi connectivity index (χ1v) is 9.93. The number of primary amides is 1. The molecule has 3 aliphatic rings. The molecule has 0 aromatic heterocycles. The average Bonchev–Trinajstić information content (AvgIpc) is 2.70. The number of nitrogens with zero attached hydrogens (tertiary/aromatic N) is 1. The molecular weight excluding hydrogens is 416 g/mol. The highest BCUT2D eigenvalue weighted by atomic mass is 16.3. The number of benzene rings is 1. The van der Waals surface area contributed by atoms with Crippen LogP contribution in [0.25, 0.3) is 0 Å². The van der Waals surface area contributed by atoms with E-state index in [0.29, 0.717) is 11.1 Å². The van der Waals surface area contributed by atoms with Crippen LogP contribution in [0.15, 0.2) is 34.8 Å². The smallest absolute Gasteiger partial charge is 0.255 e. The van der Waals surface area contributed by atoms with Gasteiger partial charge in [0.2, 0.25) is 5.78 Å². The van der Waals surface area contributed by atoms with Crippen molar-refractivity contribution >= 4 is 17.5 Å². The molecule has 0 fully saturated rings. The molecule has 0 unspecified atom stereocenters. The van der Waals surface area contributed by atoms with Crippen LogP contribution >= 0.6 is 0 Å². The molecule has 0 saturated carbocycles. The maximum Gasteiger partial charge on any atom is 0.255 e. The van der Waals surface area contributed by atoms with E-state index in [4.69, 9.17) is 12.2 Å². The SMILES string of the molecule is C#Cc1ccc(O)c2c1C[C@H]1C[C@H]3[C@H](N(C)C)C(O)=C(C(N)=O)C(=O)[C@@]3(O)C(O)=C1C2=O. The highest BCUT2D eigenvalue weighted by molar-refractivity contribution is 6.24. The number of aliphatic hydroxyl groups is 3. The summed E-state index contributed by atoms with van der Waals surface area (Å²) in [7, 11) is 3.14. The van der Waals surface area contributed by atoms with Crippen molar-refractivity contribution in [1.82, 2.24) is 4.90 Å². The number of phenolic OH excluding ortho intramolecular Hbond substituents is 1. The molecule has 1 amide bonds. The zero-order chi connectivity index (χ0) is 23.7. The van der Waals surface area contributed by atoms with Crippen molar-refractivity contribution in [3.8, 4) is 18.1 Å². The minimum Gasteiger partial charge on any atom is -0.510 e. The average molecular weight is 438 g/mol. The minimum absolute atomic E-state index is 0.0193. The number of nitrogens with two attached hydrogens (primary N) is 1. The fourth-order valence-corrected chi connectivity index (χ4v) is 5.39. The van der Waals surface area contributed by atoms with E-state index < -0.39 is 58.0 Å². The standard InChI is InChI=1S/C23H22N2O7/c1-4-9-5-6-13(26)15-11(9)7-10-8-12-17(25(2)3)19(28)16(22(24)31)21(30)23(12,32)20(29)14(10)18(15)27/h1,5-6,10,12,17,26,28-29,32H,7-8H2,2-3H3,(H2,24,31)/t10-,12-,17-,23-/m0/s1. The second-order valence-corrected chi connectivity index (χ2v) is 8.59. The topological polar surface area (TPSA) is 161 Å². The number of phenols is 1. The quantitative estimate of drug-likeness (QED) is 0.321. The third-order valence-electron chi connectivity index (χ3n) is 6.76. The van der Waals surface area contributed by atoms with Crippen molar-refractivity contribution in [2.75, 3.05) is 14.1 Å². The summed E-state index contributed by atoms with van der Waals surface area (Å²) in [6.45, 7) is 0. The normalized spacial score (nSPS) is 29.4. The number of rotatable bonds is 2. The molecule has 0 aliphatic heterocycles. The van der Waals surface area contributed by atoms with E-state index in [-0.39, 0.29) is 29.7 Å². The molecule has 32 heavy (non-hydrogen) atoms. The molecule has 0 radical (unpaired) electrons. The lowest BCUT2D eigenvalue weighted by atomic mass is 9.58. The number of carbonyl (C=O) groups is 3. The second-order valence-electron chi connectivity index (χ2n) is 8.59. The van der Waals surface area contributed by atoms with Gasteiger partial charge >= 0.3 is 0 Å². The number of amides is 1. The third-order valence-corrected chi connectivity index (χ3v) is 6.76. The Kier molecular flexibility index (Phi) is 4.69. The van der Waals surface area contributed by atoms with Crippen molar-refractivity contribution in [3.05, 3.63) is 51.5 Å². The number of aliphatic hydroxyl groups excluding tert-OH is 2. The summed E-state index contributed by atoms with van der Waals surface area (Å²) >= 11 is 0. The van der Waals surface area contributed by atoms with E-state index in [9.17, 15) is 34.8 Å². The zero-order valence-electron chi connectivity index (χ0n) is 17.4. The number of Topliss-reactive ketones (excluding diaryl/α,β-unsaturated/α-hetero) is 2.